The Morgan fingerprint density at radius 1 is 1.19 bits per heavy atom. The second-order valence-electron chi connectivity index (χ2n) is 7.35. The quantitative estimate of drug-likeness (QED) is 0.560. The molecule has 0 amide bonds. The molecule has 0 saturated carbocycles. The van der Waals surface area contributed by atoms with E-state index in [0.29, 0.717) is 37.1 Å². The first-order chi connectivity index (χ1) is 15.3. The van der Waals surface area contributed by atoms with Crippen LogP contribution in [0.25, 0.3) is 0 Å². The number of hydrogen-bond donors (Lipinski definition) is 1. The lowest BCUT2D eigenvalue weighted by molar-refractivity contribution is -0.137. The van der Waals surface area contributed by atoms with Gasteiger partial charge in [0.15, 0.2) is 5.11 Å². The third-order valence-corrected chi connectivity index (χ3v) is 5.82. The van der Waals surface area contributed by atoms with E-state index in [1.165, 1.54) is 6.07 Å². The fourth-order valence-corrected chi connectivity index (χ4v) is 3.77. The number of nitrogens with zero attached hydrogens (tertiary/aromatic N) is 2. The molecule has 5 nitrogen and oxygen atoms in total. The van der Waals surface area contributed by atoms with Gasteiger partial charge in [-0.1, -0.05) is 23.7 Å². The SMILES string of the molecule is COc1ccc(CN(CCN2CCOCC2)C(=S)Nc2ccc(C(F)(F)F)cc2Cl)cc1. The van der Waals surface area contributed by atoms with Crippen LogP contribution < -0.4 is 10.1 Å². The van der Waals surface area contributed by atoms with Crippen LogP contribution in [0.3, 0.4) is 0 Å². The Hall–Kier alpha value is -2.07. The van der Waals surface area contributed by atoms with Crippen molar-refractivity contribution in [3.63, 3.8) is 0 Å². The Kier molecular flexibility index (Phi) is 8.58. The lowest BCUT2D eigenvalue weighted by Crippen LogP contribution is -2.44. The second kappa shape index (κ2) is 11.2. The average Bonchev–Trinajstić information content (AvgIpc) is 2.78. The first kappa shape index (κ1) is 24.6. The van der Waals surface area contributed by atoms with Crippen LogP contribution in [0.1, 0.15) is 11.1 Å². The molecular weight excluding hydrogens is 463 g/mol. The van der Waals surface area contributed by atoms with Crippen molar-refractivity contribution in [2.24, 2.45) is 0 Å². The number of thiocarbonyl (C=S) groups is 1. The Balaban J connectivity index is 1.72. The van der Waals surface area contributed by atoms with Gasteiger partial charge in [0.05, 0.1) is 36.6 Å². The minimum Gasteiger partial charge on any atom is -0.497 e. The molecule has 2 aromatic rings. The van der Waals surface area contributed by atoms with E-state index in [0.717, 1.165) is 43.1 Å². The molecule has 10 heteroatoms. The Bertz CT molecular complexity index is 906. The lowest BCUT2D eigenvalue weighted by Gasteiger charge is -2.31. The molecule has 32 heavy (non-hydrogen) atoms. The number of benzene rings is 2. The van der Waals surface area contributed by atoms with Gasteiger partial charge in [-0.25, -0.2) is 0 Å². The van der Waals surface area contributed by atoms with Gasteiger partial charge in [-0.2, -0.15) is 13.2 Å². The number of rotatable bonds is 7. The first-order valence-corrected chi connectivity index (χ1v) is 10.9. The van der Waals surface area contributed by atoms with Crippen molar-refractivity contribution < 1.29 is 22.6 Å². The third kappa shape index (κ3) is 6.96. The van der Waals surface area contributed by atoms with Gasteiger partial charge in [-0.3, -0.25) is 4.90 Å². The van der Waals surface area contributed by atoms with E-state index in [1.807, 2.05) is 29.2 Å². The summed E-state index contributed by atoms with van der Waals surface area (Å²) in [6.07, 6.45) is -4.46. The molecule has 1 heterocycles. The Morgan fingerprint density at radius 2 is 1.88 bits per heavy atom. The molecule has 1 fully saturated rings. The van der Waals surface area contributed by atoms with E-state index in [1.54, 1.807) is 7.11 Å². The minimum atomic E-state index is -4.46. The molecule has 0 unspecified atom stereocenters. The molecule has 0 spiro atoms. The molecule has 0 aliphatic carbocycles. The van der Waals surface area contributed by atoms with Gasteiger partial charge in [-0.05, 0) is 48.1 Å². The first-order valence-electron chi connectivity index (χ1n) is 10.1. The highest BCUT2D eigenvalue weighted by molar-refractivity contribution is 7.80. The number of anilines is 1. The summed E-state index contributed by atoms with van der Waals surface area (Å²) in [5.74, 6) is 0.755. The predicted molar refractivity (Wildman–Crippen MR) is 123 cm³/mol. The fourth-order valence-electron chi connectivity index (χ4n) is 3.28. The molecule has 0 aromatic heterocycles. The van der Waals surface area contributed by atoms with Crippen molar-refractivity contribution in [3.8, 4) is 5.75 Å². The lowest BCUT2D eigenvalue weighted by atomic mass is 10.2. The topological polar surface area (TPSA) is 37.0 Å². The van der Waals surface area contributed by atoms with E-state index < -0.39 is 11.7 Å². The highest BCUT2D eigenvalue weighted by Gasteiger charge is 2.31. The zero-order chi connectivity index (χ0) is 23.1. The molecule has 1 saturated heterocycles. The van der Waals surface area contributed by atoms with Crippen LogP contribution in [0.4, 0.5) is 18.9 Å². The maximum atomic E-state index is 12.9. The van der Waals surface area contributed by atoms with Crippen molar-refractivity contribution in [3.05, 3.63) is 58.6 Å². The number of nitrogens with one attached hydrogen (secondary N) is 1. The number of halogens is 4. The van der Waals surface area contributed by atoms with Crippen LogP contribution in [0, 0.1) is 0 Å². The number of morpholine rings is 1. The van der Waals surface area contributed by atoms with Gasteiger partial charge in [0.2, 0.25) is 0 Å². The van der Waals surface area contributed by atoms with Crippen LogP contribution >= 0.6 is 23.8 Å². The summed E-state index contributed by atoms with van der Waals surface area (Å²) < 4.78 is 49.4. The molecule has 174 valence electrons. The van der Waals surface area contributed by atoms with Crippen molar-refractivity contribution in [1.82, 2.24) is 9.80 Å². The standard InChI is InChI=1S/C22H25ClF3N3O2S/c1-30-18-5-2-16(3-6-18)15-29(9-8-28-10-12-31-13-11-28)21(32)27-20-7-4-17(14-19(20)23)22(24,25)26/h2-7,14H,8-13,15H2,1H3,(H,27,32). The zero-order valence-electron chi connectivity index (χ0n) is 17.6. The molecular formula is C22H25ClF3N3O2S. The molecule has 0 radical (unpaired) electrons. The number of methoxy groups -OCH3 is 1. The van der Waals surface area contributed by atoms with Crippen molar-refractivity contribution in [2.45, 2.75) is 12.7 Å². The summed E-state index contributed by atoms with van der Waals surface area (Å²) >= 11 is 11.7. The fraction of sp³-hybridized carbons (Fsp3) is 0.409. The Labute approximate surface area is 196 Å². The van der Waals surface area contributed by atoms with Gasteiger partial charge in [-0.15, -0.1) is 0 Å². The molecule has 2 aromatic carbocycles. The van der Waals surface area contributed by atoms with Crippen molar-refractivity contribution >= 4 is 34.6 Å². The van der Waals surface area contributed by atoms with Crippen LogP contribution in [0.2, 0.25) is 5.02 Å². The van der Waals surface area contributed by atoms with E-state index in [4.69, 9.17) is 33.3 Å². The van der Waals surface area contributed by atoms with Crippen LogP contribution in [-0.2, 0) is 17.5 Å². The number of alkyl halides is 3. The van der Waals surface area contributed by atoms with E-state index in [-0.39, 0.29) is 5.02 Å². The maximum absolute atomic E-state index is 12.9. The van der Waals surface area contributed by atoms with Gasteiger partial charge < -0.3 is 19.7 Å². The summed E-state index contributed by atoms with van der Waals surface area (Å²) in [5, 5.41) is 3.35. The molecule has 0 bridgehead atoms. The van der Waals surface area contributed by atoms with Crippen LogP contribution in [0.15, 0.2) is 42.5 Å². The summed E-state index contributed by atoms with van der Waals surface area (Å²) in [6.45, 7) is 5.03. The molecule has 1 aliphatic heterocycles. The van der Waals surface area contributed by atoms with Crippen LogP contribution in [-0.4, -0.2) is 61.4 Å². The zero-order valence-corrected chi connectivity index (χ0v) is 19.2. The second-order valence-corrected chi connectivity index (χ2v) is 8.14. The van der Waals surface area contributed by atoms with Gasteiger partial charge in [0.1, 0.15) is 5.75 Å². The minimum absolute atomic E-state index is 0.0419. The van der Waals surface area contributed by atoms with Crippen molar-refractivity contribution in [2.75, 3.05) is 51.8 Å². The Morgan fingerprint density at radius 3 is 2.47 bits per heavy atom. The largest absolute Gasteiger partial charge is 0.497 e. The number of ether oxygens (including phenoxy) is 2. The monoisotopic (exact) mass is 487 g/mol. The summed E-state index contributed by atoms with van der Waals surface area (Å²) in [7, 11) is 1.61. The smallest absolute Gasteiger partial charge is 0.416 e. The highest BCUT2D eigenvalue weighted by atomic mass is 35.5. The van der Waals surface area contributed by atoms with E-state index in [9.17, 15) is 13.2 Å². The van der Waals surface area contributed by atoms with E-state index in [2.05, 4.69) is 10.2 Å². The van der Waals surface area contributed by atoms with Crippen molar-refractivity contribution in [1.29, 1.82) is 0 Å². The number of hydrogen-bond acceptors (Lipinski definition) is 4. The third-order valence-electron chi connectivity index (χ3n) is 5.15. The summed E-state index contributed by atoms with van der Waals surface area (Å²) in [6, 6.07) is 10.8. The molecule has 0 atom stereocenters. The molecule has 3 rings (SSSR count). The van der Waals surface area contributed by atoms with Gasteiger partial charge in [0, 0.05) is 32.7 Å². The molecule has 1 N–H and O–H groups in total. The summed E-state index contributed by atoms with van der Waals surface area (Å²) in [5.41, 5.74) is 0.549. The van der Waals surface area contributed by atoms with Crippen LogP contribution in [0.5, 0.6) is 5.75 Å². The predicted octanol–water partition coefficient (Wildman–Crippen LogP) is 4.90. The normalized spacial score (nSPS) is 14.8. The average molecular weight is 488 g/mol. The highest BCUT2D eigenvalue weighted by Crippen LogP contribution is 2.33. The van der Waals surface area contributed by atoms with E-state index >= 15 is 0 Å². The van der Waals surface area contributed by atoms with Gasteiger partial charge in [0.25, 0.3) is 0 Å². The molecule has 1 aliphatic rings. The summed E-state index contributed by atoms with van der Waals surface area (Å²) in [4.78, 5) is 4.26. The van der Waals surface area contributed by atoms with Gasteiger partial charge >= 0.3 is 6.18 Å². The maximum Gasteiger partial charge on any atom is 0.416 e.